The van der Waals surface area contributed by atoms with Crippen molar-refractivity contribution in [2.45, 2.75) is 64.0 Å². The van der Waals surface area contributed by atoms with E-state index >= 15 is 0 Å². The number of amides is 2. The van der Waals surface area contributed by atoms with Gasteiger partial charge in [-0.1, -0.05) is 51.3 Å². The molecule has 0 heterocycles. The second-order valence-corrected chi connectivity index (χ2v) is 8.22. The molecule has 1 aliphatic carbocycles. The van der Waals surface area contributed by atoms with Gasteiger partial charge >= 0.3 is 6.18 Å². The fourth-order valence-electron chi connectivity index (χ4n) is 3.51. The minimum Gasteiger partial charge on any atom is -0.354 e. The molecule has 1 aliphatic rings. The first-order chi connectivity index (χ1) is 13.1. The van der Waals surface area contributed by atoms with E-state index in [2.05, 4.69) is 10.6 Å². The lowest BCUT2D eigenvalue weighted by Crippen LogP contribution is -2.42. The molecule has 1 saturated carbocycles. The summed E-state index contributed by atoms with van der Waals surface area (Å²) in [4.78, 5) is 24.0. The van der Waals surface area contributed by atoms with Crippen molar-refractivity contribution in [3.05, 3.63) is 35.4 Å². The van der Waals surface area contributed by atoms with Gasteiger partial charge in [-0.3, -0.25) is 9.59 Å². The number of carbonyl (C=O) groups excluding carboxylic acids is 2. The Kier molecular flexibility index (Phi) is 7.49. The zero-order valence-corrected chi connectivity index (χ0v) is 16.5. The van der Waals surface area contributed by atoms with Gasteiger partial charge in [0.15, 0.2) is 0 Å². The van der Waals surface area contributed by atoms with Crippen molar-refractivity contribution < 1.29 is 22.8 Å². The Bertz CT molecular complexity index is 680. The second-order valence-electron chi connectivity index (χ2n) is 8.22. The quantitative estimate of drug-likeness (QED) is 0.724. The van der Waals surface area contributed by atoms with Crippen LogP contribution in [0.4, 0.5) is 13.2 Å². The highest BCUT2D eigenvalue weighted by atomic mass is 19.4. The van der Waals surface area contributed by atoms with Gasteiger partial charge in [0.25, 0.3) is 0 Å². The van der Waals surface area contributed by atoms with Crippen molar-refractivity contribution in [2.24, 2.45) is 5.92 Å². The summed E-state index contributed by atoms with van der Waals surface area (Å²) in [6.45, 7) is 3.59. The Morgan fingerprint density at radius 2 is 1.64 bits per heavy atom. The fraction of sp³-hybridized carbons (Fsp3) is 0.619. The molecule has 28 heavy (non-hydrogen) atoms. The molecule has 156 valence electrons. The predicted octanol–water partition coefficient (Wildman–Crippen LogP) is 4.19. The second kappa shape index (κ2) is 9.43. The number of alkyl halides is 3. The smallest absolute Gasteiger partial charge is 0.354 e. The van der Waals surface area contributed by atoms with Crippen LogP contribution in [-0.2, 0) is 21.2 Å². The van der Waals surface area contributed by atoms with Crippen LogP contribution in [0.25, 0.3) is 0 Å². The van der Waals surface area contributed by atoms with Crippen LogP contribution in [-0.4, -0.2) is 24.9 Å². The first-order valence-electron chi connectivity index (χ1n) is 9.79. The number of rotatable bonds is 7. The largest absolute Gasteiger partial charge is 0.416 e. The Morgan fingerprint density at radius 3 is 2.29 bits per heavy atom. The molecule has 1 aromatic rings. The number of hydrogen-bond donors (Lipinski definition) is 2. The van der Waals surface area contributed by atoms with Crippen molar-refractivity contribution in [2.75, 3.05) is 13.1 Å². The van der Waals surface area contributed by atoms with Crippen LogP contribution in [0.5, 0.6) is 0 Å². The van der Waals surface area contributed by atoms with E-state index in [1.54, 1.807) is 19.9 Å². The molecule has 0 bridgehead atoms. The summed E-state index contributed by atoms with van der Waals surface area (Å²) in [5, 5.41) is 5.34. The SMILES string of the molecule is CC(C)(CNC(=O)CNC(=O)CC1CCCCC1)c1cccc(C(F)(F)F)c1. The van der Waals surface area contributed by atoms with Crippen LogP contribution in [0.1, 0.15) is 63.5 Å². The van der Waals surface area contributed by atoms with Crippen LogP contribution in [0, 0.1) is 5.92 Å². The number of hydrogen-bond acceptors (Lipinski definition) is 2. The van der Waals surface area contributed by atoms with E-state index in [1.165, 1.54) is 12.5 Å². The summed E-state index contributed by atoms with van der Waals surface area (Å²) in [6.07, 6.45) is 1.70. The Balaban J connectivity index is 1.80. The number of halogens is 3. The van der Waals surface area contributed by atoms with Gasteiger partial charge in [-0.15, -0.1) is 0 Å². The highest BCUT2D eigenvalue weighted by Crippen LogP contribution is 2.32. The molecule has 0 spiro atoms. The van der Waals surface area contributed by atoms with Gasteiger partial charge < -0.3 is 10.6 Å². The lowest BCUT2D eigenvalue weighted by Gasteiger charge is -2.26. The minimum absolute atomic E-state index is 0.121. The maximum absolute atomic E-state index is 12.9. The van der Waals surface area contributed by atoms with Crippen molar-refractivity contribution in [3.8, 4) is 0 Å². The molecule has 0 atom stereocenters. The van der Waals surface area contributed by atoms with Crippen LogP contribution < -0.4 is 10.6 Å². The summed E-state index contributed by atoms with van der Waals surface area (Å²) in [5.41, 5.74) is -0.897. The van der Waals surface area contributed by atoms with Gasteiger partial charge in [-0.2, -0.15) is 13.2 Å². The molecular weight excluding hydrogens is 369 g/mol. The first kappa shape index (κ1) is 22.2. The van der Waals surface area contributed by atoms with E-state index in [4.69, 9.17) is 0 Å². The molecule has 1 aromatic carbocycles. The van der Waals surface area contributed by atoms with Crippen LogP contribution in [0.2, 0.25) is 0 Å². The number of benzene rings is 1. The van der Waals surface area contributed by atoms with E-state index in [0.717, 1.165) is 37.8 Å². The van der Waals surface area contributed by atoms with E-state index in [1.807, 2.05) is 0 Å². The zero-order valence-electron chi connectivity index (χ0n) is 16.5. The zero-order chi connectivity index (χ0) is 20.8. The first-order valence-corrected chi connectivity index (χ1v) is 9.79. The van der Waals surface area contributed by atoms with Gasteiger partial charge in [0, 0.05) is 18.4 Å². The van der Waals surface area contributed by atoms with Gasteiger partial charge in [-0.05, 0) is 30.4 Å². The third kappa shape index (κ3) is 6.84. The summed E-state index contributed by atoms with van der Waals surface area (Å²) < 4.78 is 38.7. The Labute approximate surface area is 164 Å². The molecule has 0 saturated heterocycles. The summed E-state index contributed by atoms with van der Waals surface area (Å²) in [7, 11) is 0. The molecule has 1 fully saturated rings. The molecule has 0 aromatic heterocycles. The van der Waals surface area contributed by atoms with Crippen molar-refractivity contribution in [1.82, 2.24) is 10.6 Å². The van der Waals surface area contributed by atoms with E-state index < -0.39 is 17.2 Å². The van der Waals surface area contributed by atoms with E-state index in [9.17, 15) is 22.8 Å². The molecule has 2 amide bonds. The minimum atomic E-state index is -4.40. The van der Waals surface area contributed by atoms with Gasteiger partial charge in [0.1, 0.15) is 0 Å². The van der Waals surface area contributed by atoms with Gasteiger partial charge in [-0.25, -0.2) is 0 Å². The van der Waals surface area contributed by atoms with Crippen LogP contribution in [0.3, 0.4) is 0 Å². The van der Waals surface area contributed by atoms with Gasteiger partial charge in [0.2, 0.25) is 11.8 Å². The van der Waals surface area contributed by atoms with Crippen LogP contribution >= 0.6 is 0 Å². The highest BCUT2D eigenvalue weighted by molar-refractivity contribution is 5.84. The predicted molar refractivity (Wildman–Crippen MR) is 102 cm³/mol. The summed E-state index contributed by atoms with van der Waals surface area (Å²) >= 11 is 0. The van der Waals surface area contributed by atoms with Gasteiger partial charge in [0.05, 0.1) is 12.1 Å². The molecule has 0 unspecified atom stereocenters. The maximum atomic E-state index is 12.9. The molecule has 0 aliphatic heterocycles. The number of carbonyl (C=O) groups is 2. The standard InChI is InChI=1S/C21H29F3N2O2/c1-20(2,16-9-6-10-17(12-16)21(22,23)24)14-26-19(28)13-25-18(27)11-15-7-4-3-5-8-15/h6,9-10,12,15H,3-5,7-8,11,13-14H2,1-2H3,(H,25,27)(H,26,28). The van der Waals surface area contributed by atoms with Crippen LogP contribution in [0.15, 0.2) is 24.3 Å². The lowest BCUT2D eigenvalue weighted by molar-refractivity contribution is -0.137. The molecule has 0 radical (unpaired) electrons. The molecule has 2 N–H and O–H groups in total. The maximum Gasteiger partial charge on any atom is 0.416 e. The third-order valence-electron chi connectivity index (χ3n) is 5.34. The number of nitrogens with one attached hydrogen (secondary N) is 2. The molecule has 4 nitrogen and oxygen atoms in total. The molecule has 7 heteroatoms. The van der Waals surface area contributed by atoms with Crippen molar-refractivity contribution >= 4 is 11.8 Å². The highest BCUT2D eigenvalue weighted by Gasteiger charge is 2.32. The fourth-order valence-corrected chi connectivity index (χ4v) is 3.51. The normalized spacial score (nSPS) is 15.9. The Morgan fingerprint density at radius 1 is 1.00 bits per heavy atom. The summed E-state index contributed by atoms with van der Waals surface area (Å²) in [5.74, 6) is -0.0760. The summed E-state index contributed by atoms with van der Waals surface area (Å²) in [6, 6.07) is 5.12. The monoisotopic (exact) mass is 398 g/mol. The average molecular weight is 398 g/mol. The third-order valence-corrected chi connectivity index (χ3v) is 5.34. The topological polar surface area (TPSA) is 58.2 Å². The lowest BCUT2D eigenvalue weighted by atomic mass is 9.83. The van der Waals surface area contributed by atoms with Crippen molar-refractivity contribution in [3.63, 3.8) is 0 Å². The molecule has 2 rings (SSSR count). The Hall–Kier alpha value is -2.05. The van der Waals surface area contributed by atoms with E-state index in [-0.39, 0.29) is 24.9 Å². The molecular formula is C21H29F3N2O2. The van der Waals surface area contributed by atoms with Crippen molar-refractivity contribution in [1.29, 1.82) is 0 Å². The average Bonchev–Trinajstić information content (AvgIpc) is 2.65. The van der Waals surface area contributed by atoms with E-state index in [0.29, 0.717) is 17.9 Å².